The molecule has 0 aromatic heterocycles. The van der Waals surface area contributed by atoms with Crippen molar-refractivity contribution in [1.29, 1.82) is 0 Å². The fourth-order valence-electron chi connectivity index (χ4n) is 2.35. The van der Waals surface area contributed by atoms with E-state index in [4.69, 9.17) is 0 Å². The highest BCUT2D eigenvalue weighted by molar-refractivity contribution is 8.00. The number of non-ortho nitro benzene ring substituents is 1. The number of amides is 1. The number of carboxylic acid groups (broad SMARTS) is 1. The second-order valence-corrected chi connectivity index (χ2v) is 8.14. The van der Waals surface area contributed by atoms with Crippen molar-refractivity contribution in [3.05, 3.63) is 34.4 Å². The molecule has 1 saturated heterocycles. The number of nitro benzene ring substituents is 1. The summed E-state index contributed by atoms with van der Waals surface area (Å²) in [7, 11) is 0. The molecule has 9 heteroatoms. The zero-order valence-electron chi connectivity index (χ0n) is 13.1. The number of nitro groups is 1. The van der Waals surface area contributed by atoms with Crippen molar-refractivity contribution in [3.63, 3.8) is 0 Å². The molecule has 1 atom stereocenters. The number of nitrogens with one attached hydrogen (secondary N) is 1. The Morgan fingerprint density at radius 2 is 1.92 bits per heavy atom. The van der Waals surface area contributed by atoms with Crippen molar-refractivity contribution >= 4 is 41.1 Å². The molecule has 1 aliphatic heterocycles. The molecule has 24 heavy (non-hydrogen) atoms. The van der Waals surface area contributed by atoms with Crippen molar-refractivity contribution in [2.45, 2.75) is 35.4 Å². The summed E-state index contributed by atoms with van der Waals surface area (Å²) >= 11 is 2.92. The number of carboxylic acids is 1. The second kappa shape index (κ2) is 7.89. The molecule has 0 radical (unpaired) electrons. The van der Waals surface area contributed by atoms with Gasteiger partial charge in [-0.05, 0) is 43.4 Å². The number of hydrogen-bond acceptors (Lipinski definition) is 6. The SMILES string of the molecule is CC(Sc1ccc([N+](=O)[O-])cc1)C(=O)NC1(C(=O)O)CCSCC1. The molecule has 0 spiro atoms. The molecule has 2 N–H and O–H groups in total. The topological polar surface area (TPSA) is 110 Å². The molecule has 1 aromatic carbocycles. The number of carbonyl (C=O) groups is 2. The number of hydrogen-bond donors (Lipinski definition) is 2. The highest BCUT2D eigenvalue weighted by atomic mass is 32.2. The number of nitrogens with zero attached hydrogens (tertiary/aromatic N) is 1. The standard InChI is InChI=1S/C15H18N2O5S2/c1-10(24-12-4-2-11(3-5-12)17(21)22)13(18)16-15(14(19)20)6-8-23-9-7-15/h2-5,10H,6-9H2,1H3,(H,16,18)(H,19,20). The van der Waals surface area contributed by atoms with Gasteiger partial charge in [0.25, 0.3) is 5.69 Å². The van der Waals surface area contributed by atoms with Crippen LogP contribution in [0, 0.1) is 10.1 Å². The molecular formula is C15H18N2O5S2. The Labute approximate surface area is 147 Å². The quantitative estimate of drug-likeness (QED) is 0.450. The van der Waals surface area contributed by atoms with Crippen LogP contribution in [0.1, 0.15) is 19.8 Å². The smallest absolute Gasteiger partial charge is 0.329 e. The first kappa shape index (κ1) is 18.6. The van der Waals surface area contributed by atoms with Gasteiger partial charge in [0.1, 0.15) is 5.54 Å². The third kappa shape index (κ3) is 4.41. The number of rotatable bonds is 6. The Morgan fingerprint density at radius 3 is 2.42 bits per heavy atom. The van der Waals surface area contributed by atoms with Gasteiger partial charge in [0, 0.05) is 17.0 Å². The summed E-state index contributed by atoms with van der Waals surface area (Å²) in [6.07, 6.45) is 0.821. The molecule has 2 rings (SSSR count). The summed E-state index contributed by atoms with van der Waals surface area (Å²) in [5.74, 6) is 0.0729. The average molecular weight is 370 g/mol. The molecule has 1 heterocycles. The normalized spacial score (nSPS) is 17.7. The summed E-state index contributed by atoms with van der Waals surface area (Å²) in [4.78, 5) is 34.9. The predicted octanol–water partition coefficient (Wildman–Crippen LogP) is 2.54. The van der Waals surface area contributed by atoms with E-state index in [-0.39, 0.29) is 11.6 Å². The van der Waals surface area contributed by atoms with E-state index in [0.717, 1.165) is 0 Å². The lowest BCUT2D eigenvalue weighted by Crippen LogP contribution is -2.58. The summed E-state index contributed by atoms with van der Waals surface area (Å²) in [6.45, 7) is 1.69. The molecule has 7 nitrogen and oxygen atoms in total. The Morgan fingerprint density at radius 1 is 1.33 bits per heavy atom. The Bertz CT molecular complexity index is 629. The van der Waals surface area contributed by atoms with Gasteiger partial charge < -0.3 is 10.4 Å². The van der Waals surface area contributed by atoms with Crippen LogP contribution < -0.4 is 5.32 Å². The van der Waals surface area contributed by atoms with Gasteiger partial charge in [0.2, 0.25) is 5.91 Å². The van der Waals surface area contributed by atoms with E-state index in [9.17, 15) is 24.8 Å². The van der Waals surface area contributed by atoms with Crippen LogP contribution in [-0.4, -0.2) is 44.2 Å². The minimum atomic E-state index is -1.19. The molecule has 0 bridgehead atoms. The monoisotopic (exact) mass is 370 g/mol. The lowest BCUT2D eigenvalue weighted by molar-refractivity contribution is -0.384. The number of thioether (sulfide) groups is 2. The number of aliphatic carboxylic acids is 1. The average Bonchev–Trinajstić information content (AvgIpc) is 2.56. The van der Waals surface area contributed by atoms with Gasteiger partial charge in [-0.2, -0.15) is 11.8 Å². The van der Waals surface area contributed by atoms with E-state index in [2.05, 4.69) is 5.32 Å². The van der Waals surface area contributed by atoms with Crippen LogP contribution in [0.3, 0.4) is 0 Å². The van der Waals surface area contributed by atoms with E-state index >= 15 is 0 Å². The minimum absolute atomic E-state index is 0.0130. The van der Waals surface area contributed by atoms with Gasteiger partial charge in [0.15, 0.2) is 0 Å². The van der Waals surface area contributed by atoms with Gasteiger partial charge in [0.05, 0.1) is 10.2 Å². The molecule has 1 amide bonds. The second-order valence-electron chi connectivity index (χ2n) is 5.50. The first-order valence-corrected chi connectivity index (χ1v) is 9.42. The van der Waals surface area contributed by atoms with Crippen molar-refractivity contribution in [2.75, 3.05) is 11.5 Å². The van der Waals surface area contributed by atoms with Gasteiger partial charge >= 0.3 is 5.97 Å². The molecule has 130 valence electrons. The molecule has 1 unspecified atom stereocenters. The van der Waals surface area contributed by atoms with Gasteiger partial charge in [-0.3, -0.25) is 14.9 Å². The molecule has 1 aromatic rings. The highest BCUT2D eigenvalue weighted by Crippen LogP contribution is 2.30. The first-order chi connectivity index (χ1) is 11.3. The van der Waals surface area contributed by atoms with Crippen LogP contribution in [0.4, 0.5) is 5.69 Å². The van der Waals surface area contributed by atoms with E-state index in [0.29, 0.717) is 29.2 Å². The Balaban J connectivity index is 2.00. The number of benzene rings is 1. The van der Waals surface area contributed by atoms with Gasteiger partial charge in [-0.25, -0.2) is 4.79 Å². The zero-order chi connectivity index (χ0) is 17.7. The zero-order valence-corrected chi connectivity index (χ0v) is 14.7. The lowest BCUT2D eigenvalue weighted by Gasteiger charge is -2.34. The Hall–Kier alpha value is -1.74. The third-order valence-corrected chi connectivity index (χ3v) is 5.95. The molecule has 0 aliphatic carbocycles. The van der Waals surface area contributed by atoms with Crippen molar-refractivity contribution in [3.8, 4) is 0 Å². The summed E-state index contributed by atoms with van der Waals surface area (Å²) in [5, 5.41) is 22.3. The van der Waals surface area contributed by atoms with Crippen LogP contribution in [0.5, 0.6) is 0 Å². The molecule has 1 aliphatic rings. The molecule has 1 fully saturated rings. The summed E-state index contributed by atoms with van der Waals surface area (Å²) in [6, 6.07) is 5.92. The maximum atomic E-state index is 12.4. The van der Waals surface area contributed by atoms with Gasteiger partial charge in [-0.15, -0.1) is 11.8 Å². The van der Waals surface area contributed by atoms with Crippen LogP contribution in [-0.2, 0) is 9.59 Å². The van der Waals surface area contributed by atoms with Crippen LogP contribution in [0.15, 0.2) is 29.2 Å². The van der Waals surface area contributed by atoms with Crippen molar-refractivity contribution < 1.29 is 19.6 Å². The largest absolute Gasteiger partial charge is 0.480 e. The van der Waals surface area contributed by atoms with E-state index in [1.54, 1.807) is 30.8 Å². The maximum Gasteiger partial charge on any atom is 0.329 e. The first-order valence-electron chi connectivity index (χ1n) is 7.38. The van der Waals surface area contributed by atoms with E-state index < -0.39 is 21.7 Å². The van der Waals surface area contributed by atoms with Crippen LogP contribution >= 0.6 is 23.5 Å². The molecule has 0 saturated carbocycles. The van der Waals surface area contributed by atoms with Crippen LogP contribution in [0.25, 0.3) is 0 Å². The third-order valence-electron chi connectivity index (χ3n) is 3.85. The minimum Gasteiger partial charge on any atom is -0.480 e. The molecular weight excluding hydrogens is 352 g/mol. The Kier molecular flexibility index (Phi) is 6.11. The van der Waals surface area contributed by atoms with Crippen molar-refractivity contribution in [2.24, 2.45) is 0 Å². The summed E-state index contributed by atoms with van der Waals surface area (Å²) in [5.41, 5.74) is -1.20. The maximum absolute atomic E-state index is 12.4. The summed E-state index contributed by atoms with van der Waals surface area (Å²) < 4.78 is 0. The van der Waals surface area contributed by atoms with Crippen LogP contribution in [0.2, 0.25) is 0 Å². The van der Waals surface area contributed by atoms with Crippen molar-refractivity contribution in [1.82, 2.24) is 5.32 Å². The lowest BCUT2D eigenvalue weighted by atomic mass is 9.92. The highest BCUT2D eigenvalue weighted by Gasteiger charge is 2.42. The fraction of sp³-hybridized carbons (Fsp3) is 0.467. The van der Waals surface area contributed by atoms with E-state index in [1.165, 1.54) is 23.9 Å². The predicted molar refractivity (Wildman–Crippen MR) is 93.5 cm³/mol. The number of carbonyl (C=O) groups excluding carboxylic acids is 1. The van der Waals surface area contributed by atoms with Gasteiger partial charge in [-0.1, -0.05) is 0 Å². The van der Waals surface area contributed by atoms with E-state index in [1.807, 2.05) is 0 Å². The fourth-order valence-corrected chi connectivity index (χ4v) is 4.41.